The maximum Gasteiger partial charge on any atom is 0.345 e. The van der Waals surface area contributed by atoms with Crippen molar-refractivity contribution >= 4 is 0 Å². The quantitative estimate of drug-likeness (QED) is 0.369. The Morgan fingerprint density at radius 3 is 2.14 bits per heavy atom. The van der Waals surface area contributed by atoms with E-state index in [-0.39, 0.29) is 17.4 Å². The number of hydrogen-bond donors (Lipinski definition) is 0. The second kappa shape index (κ2) is 10.5. The highest BCUT2D eigenvalue weighted by molar-refractivity contribution is 5.40. The molecule has 1 nitrogen and oxygen atoms in total. The Balaban J connectivity index is 1.60. The van der Waals surface area contributed by atoms with Crippen LogP contribution in [0.4, 0.5) is 17.6 Å². The standard InChI is InChI=1S/C24H30F4O/c1-2-3-16-4-9-18(10-5-16)19-14-22(25)21(23(26)15-19)13-8-17-6-11-20(12-7-17)29-24(27)28/h14-18,20,24H,2-7,9-12H2,1H3/t16-,17?,18-,20?. The summed E-state index contributed by atoms with van der Waals surface area (Å²) in [6.07, 6.45) is 8.39. The van der Waals surface area contributed by atoms with Crippen LogP contribution in [0.2, 0.25) is 0 Å². The summed E-state index contributed by atoms with van der Waals surface area (Å²) in [5, 5.41) is 0. The SMILES string of the molecule is CCC[C@H]1CC[C@H](c2cc(F)c(C#CC3CCC(OC(F)F)CC3)c(F)c2)CC1. The molecule has 5 heteroatoms. The lowest BCUT2D eigenvalue weighted by atomic mass is 9.77. The zero-order valence-electron chi connectivity index (χ0n) is 17.0. The van der Waals surface area contributed by atoms with Gasteiger partial charge in [-0.25, -0.2) is 8.78 Å². The molecule has 0 amide bonds. The predicted octanol–water partition coefficient (Wildman–Crippen LogP) is 7.19. The zero-order valence-corrected chi connectivity index (χ0v) is 17.0. The molecule has 0 radical (unpaired) electrons. The molecule has 0 unspecified atom stereocenters. The summed E-state index contributed by atoms with van der Waals surface area (Å²) in [5.41, 5.74) is 0.560. The minimum absolute atomic E-state index is 0.0418. The fourth-order valence-electron chi connectivity index (χ4n) is 4.80. The fraction of sp³-hybridized carbons (Fsp3) is 0.667. The Kier molecular flexibility index (Phi) is 8.00. The average molecular weight is 410 g/mol. The van der Waals surface area contributed by atoms with E-state index in [1.54, 1.807) is 0 Å². The van der Waals surface area contributed by atoms with E-state index in [4.69, 9.17) is 0 Å². The first-order valence-electron chi connectivity index (χ1n) is 10.9. The molecule has 0 heterocycles. The summed E-state index contributed by atoms with van der Waals surface area (Å²) in [5.74, 6) is 5.34. The molecule has 1 aromatic rings. The van der Waals surface area contributed by atoms with Crippen LogP contribution in [0, 0.1) is 35.3 Å². The van der Waals surface area contributed by atoms with Crippen LogP contribution in [0.1, 0.15) is 88.2 Å². The van der Waals surface area contributed by atoms with Gasteiger partial charge in [0.2, 0.25) is 0 Å². The number of alkyl halides is 2. The van der Waals surface area contributed by atoms with Gasteiger partial charge in [-0.05, 0) is 80.9 Å². The van der Waals surface area contributed by atoms with E-state index >= 15 is 0 Å². The van der Waals surface area contributed by atoms with Gasteiger partial charge in [-0.15, -0.1) is 0 Å². The Bertz CT molecular complexity index is 697. The van der Waals surface area contributed by atoms with E-state index < -0.39 is 24.3 Å². The first-order chi connectivity index (χ1) is 14.0. The number of rotatable bonds is 5. The van der Waals surface area contributed by atoms with Crippen LogP contribution in [-0.2, 0) is 4.74 Å². The van der Waals surface area contributed by atoms with E-state index in [0.29, 0.717) is 25.7 Å². The monoisotopic (exact) mass is 410 g/mol. The largest absolute Gasteiger partial charge is 0.345 e. The van der Waals surface area contributed by atoms with Gasteiger partial charge in [0.1, 0.15) is 11.6 Å². The molecule has 3 rings (SSSR count). The van der Waals surface area contributed by atoms with Crippen molar-refractivity contribution in [1.29, 1.82) is 0 Å². The Hall–Kier alpha value is -1.54. The third-order valence-electron chi connectivity index (χ3n) is 6.45. The molecule has 0 saturated heterocycles. The van der Waals surface area contributed by atoms with Crippen LogP contribution >= 0.6 is 0 Å². The highest BCUT2D eigenvalue weighted by atomic mass is 19.3. The molecular weight excluding hydrogens is 380 g/mol. The molecule has 0 spiro atoms. The van der Waals surface area contributed by atoms with Crippen molar-refractivity contribution in [3.63, 3.8) is 0 Å². The maximum absolute atomic E-state index is 14.6. The second-order valence-electron chi connectivity index (χ2n) is 8.51. The lowest BCUT2D eigenvalue weighted by molar-refractivity contribution is -0.170. The molecule has 2 aliphatic carbocycles. The minimum atomic E-state index is -2.76. The van der Waals surface area contributed by atoms with Crippen LogP contribution in [0.3, 0.4) is 0 Å². The second-order valence-corrected chi connectivity index (χ2v) is 8.51. The normalized spacial score (nSPS) is 27.5. The van der Waals surface area contributed by atoms with E-state index in [9.17, 15) is 17.6 Å². The summed E-state index contributed by atoms with van der Waals surface area (Å²) in [6, 6.07) is 2.90. The van der Waals surface area contributed by atoms with Crippen molar-refractivity contribution in [2.24, 2.45) is 11.8 Å². The molecule has 2 aliphatic rings. The van der Waals surface area contributed by atoms with Crippen molar-refractivity contribution in [2.75, 3.05) is 0 Å². The average Bonchev–Trinajstić information content (AvgIpc) is 2.69. The van der Waals surface area contributed by atoms with Gasteiger partial charge in [0, 0.05) is 5.92 Å². The summed E-state index contributed by atoms with van der Waals surface area (Å²) in [4.78, 5) is 0. The van der Waals surface area contributed by atoms with E-state index in [0.717, 1.165) is 37.2 Å². The molecule has 2 fully saturated rings. The van der Waals surface area contributed by atoms with Gasteiger partial charge >= 0.3 is 6.61 Å². The molecule has 0 aromatic heterocycles. The number of hydrogen-bond acceptors (Lipinski definition) is 1. The van der Waals surface area contributed by atoms with E-state index in [1.165, 1.54) is 25.0 Å². The van der Waals surface area contributed by atoms with Crippen molar-refractivity contribution in [3.8, 4) is 11.8 Å². The highest BCUT2D eigenvalue weighted by Crippen LogP contribution is 2.38. The van der Waals surface area contributed by atoms with Crippen LogP contribution in [-0.4, -0.2) is 12.7 Å². The van der Waals surface area contributed by atoms with Crippen LogP contribution in [0.25, 0.3) is 0 Å². The van der Waals surface area contributed by atoms with Crippen molar-refractivity contribution < 1.29 is 22.3 Å². The van der Waals surface area contributed by atoms with Gasteiger partial charge in [0.15, 0.2) is 0 Å². The maximum atomic E-state index is 14.6. The molecular formula is C24H30F4O. The number of halogens is 4. The molecule has 0 atom stereocenters. The predicted molar refractivity (Wildman–Crippen MR) is 106 cm³/mol. The Morgan fingerprint density at radius 1 is 0.966 bits per heavy atom. The number of ether oxygens (including phenoxy) is 1. The lowest BCUT2D eigenvalue weighted by Gasteiger charge is -2.28. The van der Waals surface area contributed by atoms with Crippen LogP contribution in [0.15, 0.2) is 12.1 Å². The van der Waals surface area contributed by atoms with Crippen LogP contribution in [0.5, 0.6) is 0 Å². The third-order valence-corrected chi connectivity index (χ3v) is 6.45. The Morgan fingerprint density at radius 2 is 1.59 bits per heavy atom. The van der Waals surface area contributed by atoms with E-state index in [1.807, 2.05) is 0 Å². The molecule has 29 heavy (non-hydrogen) atoms. The van der Waals surface area contributed by atoms with Crippen molar-refractivity contribution in [1.82, 2.24) is 0 Å². The van der Waals surface area contributed by atoms with Gasteiger partial charge in [0.05, 0.1) is 11.7 Å². The molecule has 0 aliphatic heterocycles. The molecule has 2 saturated carbocycles. The van der Waals surface area contributed by atoms with Gasteiger partial charge in [0.25, 0.3) is 0 Å². The summed E-state index contributed by atoms with van der Waals surface area (Å²) < 4.78 is 58.2. The summed E-state index contributed by atoms with van der Waals surface area (Å²) in [7, 11) is 0. The first kappa shape index (κ1) is 22.2. The first-order valence-corrected chi connectivity index (χ1v) is 10.9. The third kappa shape index (κ3) is 6.22. The zero-order chi connectivity index (χ0) is 20.8. The summed E-state index contributed by atoms with van der Waals surface area (Å²) >= 11 is 0. The Labute approximate surface area is 171 Å². The topological polar surface area (TPSA) is 9.23 Å². The molecule has 0 bridgehead atoms. The van der Waals surface area contributed by atoms with E-state index in [2.05, 4.69) is 23.5 Å². The molecule has 1 aromatic carbocycles. The summed E-state index contributed by atoms with van der Waals surface area (Å²) in [6.45, 7) is -0.564. The van der Waals surface area contributed by atoms with Crippen LogP contribution < -0.4 is 0 Å². The smallest absolute Gasteiger partial charge is 0.320 e. The van der Waals surface area contributed by atoms with Gasteiger partial charge in [-0.1, -0.05) is 31.6 Å². The van der Waals surface area contributed by atoms with Crippen molar-refractivity contribution in [3.05, 3.63) is 34.9 Å². The van der Waals surface area contributed by atoms with Gasteiger partial charge in [-0.3, -0.25) is 0 Å². The number of benzene rings is 1. The minimum Gasteiger partial charge on any atom is -0.320 e. The van der Waals surface area contributed by atoms with Crippen molar-refractivity contribution in [2.45, 2.75) is 89.8 Å². The van der Waals surface area contributed by atoms with Gasteiger partial charge < -0.3 is 4.74 Å². The molecule has 160 valence electrons. The molecule has 0 N–H and O–H groups in total. The highest BCUT2D eigenvalue weighted by Gasteiger charge is 2.25. The fourth-order valence-corrected chi connectivity index (χ4v) is 4.80. The lowest BCUT2D eigenvalue weighted by Crippen LogP contribution is -2.23. The van der Waals surface area contributed by atoms with Gasteiger partial charge in [-0.2, -0.15) is 8.78 Å².